The fourth-order valence-corrected chi connectivity index (χ4v) is 1.85. The second-order valence-corrected chi connectivity index (χ2v) is 3.80. The second kappa shape index (κ2) is 4.63. The quantitative estimate of drug-likeness (QED) is 0.715. The van der Waals surface area contributed by atoms with Crippen molar-refractivity contribution in [2.75, 3.05) is 26.3 Å². The molecule has 1 fully saturated rings. The van der Waals surface area contributed by atoms with E-state index in [1.54, 1.807) is 28.9 Å². The highest BCUT2D eigenvalue weighted by molar-refractivity contribution is 5.92. The van der Waals surface area contributed by atoms with E-state index < -0.39 is 0 Å². The van der Waals surface area contributed by atoms with Crippen LogP contribution in [0.3, 0.4) is 0 Å². The smallest absolute Gasteiger partial charge is 0.272 e. The number of amides is 1. The minimum absolute atomic E-state index is 0.0289. The number of ether oxygens (including phenoxy) is 1. The van der Waals surface area contributed by atoms with Crippen molar-refractivity contribution in [2.45, 2.75) is 6.04 Å². The summed E-state index contributed by atoms with van der Waals surface area (Å²) in [5.41, 5.74) is 6.21. The van der Waals surface area contributed by atoms with Gasteiger partial charge in [0.1, 0.15) is 5.69 Å². The molecule has 1 aromatic rings. The van der Waals surface area contributed by atoms with Gasteiger partial charge in [0.25, 0.3) is 5.91 Å². The summed E-state index contributed by atoms with van der Waals surface area (Å²) < 4.78 is 6.88. The molecule has 88 valence electrons. The Hall–Kier alpha value is -1.40. The maximum Gasteiger partial charge on any atom is 0.272 e. The third-order valence-corrected chi connectivity index (χ3v) is 2.80. The van der Waals surface area contributed by atoms with Crippen molar-refractivity contribution < 1.29 is 9.53 Å². The van der Waals surface area contributed by atoms with E-state index in [0.717, 1.165) is 0 Å². The third kappa shape index (κ3) is 1.94. The van der Waals surface area contributed by atoms with E-state index in [0.29, 0.717) is 32.0 Å². The predicted molar refractivity (Wildman–Crippen MR) is 57.9 cm³/mol. The normalized spacial score (nSPS) is 21.1. The van der Waals surface area contributed by atoms with Gasteiger partial charge >= 0.3 is 0 Å². The topological polar surface area (TPSA) is 73.4 Å². The highest BCUT2D eigenvalue weighted by atomic mass is 16.5. The van der Waals surface area contributed by atoms with E-state index in [1.807, 2.05) is 0 Å². The monoisotopic (exact) mass is 224 g/mol. The zero-order valence-electron chi connectivity index (χ0n) is 9.30. The zero-order chi connectivity index (χ0) is 11.5. The average molecular weight is 224 g/mol. The molecule has 2 N–H and O–H groups in total. The standard InChI is InChI=1S/C10H16N4O2/c1-13-9(2-3-12-13)10(15)14-4-5-16-7-8(14)6-11/h2-3,8H,4-7,11H2,1H3. The van der Waals surface area contributed by atoms with Gasteiger partial charge in [0.2, 0.25) is 0 Å². The molecule has 0 saturated carbocycles. The van der Waals surface area contributed by atoms with Crippen LogP contribution in [0.1, 0.15) is 10.5 Å². The molecule has 0 aliphatic carbocycles. The van der Waals surface area contributed by atoms with E-state index in [1.165, 1.54) is 0 Å². The number of nitrogens with zero attached hydrogens (tertiary/aromatic N) is 3. The lowest BCUT2D eigenvalue weighted by Gasteiger charge is -2.34. The van der Waals surface area contributed by atoms with Crippen molar-refractivity contribution in [1.82, 2.24) is 14.7 Å². The lowest BCUT2D eigenvalue weighted by molar-refractivity contribution is 0.000264. The van der Waals surface area contributed by atoms with E-state index >= 15 is 0 Å². The van der Waals surface area contributed by atoms with Gasteiger partial charge < -0.3 is 15.4 Å². The Morgan fingerprint density at radius 3 is 3.19 bits per heavy atom. The molecule has 2 rings (SSSR count). The van der Waals surface area contributed by atoms with Gasteiger partial charge in [-0.3, -0.25) is 9.48 Å². The van der Waals surface area contributed by atoms with Gasteiger partial charge in [-0.25, -0.2) is 0 Å². The molecule has 0 spiro atoms. The number of hydrogen-bond donors (Lipinski definition) is 1. The Bertz CT molecular complexity index is 377. The number of rotatable bonds is 2. The van der Waals surface area contributed by atoms with Crippen LogP contribution in [0.25, 0.3) is 0 Å². The Kier molecular flexibility index (Phi) is 3.21. The Balaban J connectivity index is 2.17. The Morgan fingerprint density at radius 1 is 1.75 bits per heavy atom. The van der Waals surface area contributed by atoms with E-state index in [2.05, 4.69) is 5.10 Å². The van der Waals surface area contributed by atoms with Gasteiger partial charge in [-0.2, -0.15) is 5.10 Å². The highest BCUT2D eigenvalue weighted by Gasteiger charge is 2.28. The molecule has 1 saturated heterocycles. The predicted octanol–water partition coefficient (Wildman–Crippen LogP) is -0.780. The maximum absolute atomic E-state index is 12.2. The van der Waals surface area contributed by atoms with Crippen LogP contribution in [-0.2, 0) is 11.8 Å². The molecular weight excluding hydrogens is 208 g/mol. The summed E-state index contributed by atoms with van der Waals surface area (Å²) in [4.78, 5) is 14.0. The van der Waals surface area contributed by atoms with Crippen LogP contribution < -0.4 is 5.73 Å². The fourth-order valence-electron chi connectivity index (χ4n) is 1.85. The van der Waals surface area contributed by atoms with Crippen LogP contribution in [0.5, 0.6) is 0 Å². The van der Waals surface area contributed by atoms with Crippen molar-refractivity contribution in [2.24, 2.45) is 12.8 Å². The van der Waals surface area contributed by atoms with Crippen LogP contribution in [-0.4, -0.2) is 52.9 Å². The summed E-state index contributed by atoms with van der Waals surface area (Å²) in [5.74, 6) is -0.0289. The molecule has 6 nitrogen and oxygen atoms in total. The molecule has 0 aromatic carbocycles. The first kappa shape index (κ1) is 11.1. The number of aryl methyl sites for hydroxylation is 1. The van der Waals surface area contributed by atoms with E-state index in [9.17, 15) is 4.79 Å². The van der Waals surface area contributed by atoms with Crippen LogP contribution in [0.15, 0.2) is 12.3 Å². The highest BCUT2D eigenvalue weighted by Crippen LogP contribution is 2.11. The summed E-state index contributed by atoms with van der Waals surface area (Å²) in [5, 5.41) is 3.99. The van der Waals surface area contributed by atoms with Crippen molar-refractivity contribution in [3.05, 3.63) is 18.0 Å². The molecule has 1 unspecified atom stereocenters. The van der Waals surface area contributed by atoms with Gasteiger partial charge in [-0.15, -0.1) is 0 Å². The van der Waals surface area contributed by atoms with E-state index in [4.69, 9.17) is 10.5 Å². The van der Waals surface area contributed by atoms with Crippen molar-refractivity contribution in [3.8, 4) is 0 Å². The van der Waals surface area contributed by atoms with Gasteiger partial charge in [0, 0.05) is 26.3 Å². The van der Waals surface area contributed by atoms with Gasteiger partial charge in [-0.05, 0) is 6.07 Å². The molecule has 16 heavy (non-hydrogen) atoms. The zero-order valence-corrected chi connectivity index (χ0v) is 9.30. The second-order valence-electron chi connectivity index (χ2n) is 3.80. The van der Waals surface area contributed by atoms with Crippen molar-refractivity contribution in [3.63, 3.8) is 0 Å². The maximum atomic E-state index is 12.2. The lowest BCUT2D eigenvalue weighted by Crippen LogP contribution is -2.52. The first-order chi connectivity index (χ1) is 7.74. The minimum Gasteiger partial charge on any atom is -0.377 e. The summed E-state index contributed by atoms with van der Waals surface area (Å²) >= 11 is 0. The molecule has 0 radical (unpaired) electrons. The minimum atomic E-state index is -0.0313. The Morgan fingerprint density at radius 2 is 2.56 bits per heavy atom. The third-order valence-electron chi connectivity index (χ3n) is 2.80. The molecule has 6 heteroatoms. The molecule has 1 atom stereocenters. The first-order valence-corrected chi connectivity index (χ1v) is 5.31. The molecule has 1 aromatic heterocycles. The summed E-state index contributed by atoms with van der Waals surface area (Å²) in [7, 11) is 1.76. The molecule has 1 aliphatic heterocycles. The average Bonchev–Trinajstić information content (AvgIpc) is 2.74. The number of aromatic nitrogens is 2. The number of nitrogens with two attached hydrogens (primary N) is 1. The summed E-state index contributed by atoms with van der Waals surface area (Å²) in [6.45, 7) is 2.09. The lowest BCUT2D eigenvalue weighted by atomic mass is 10.2. The number of carbonyl (C=O) groups is 1. The van der Waals surface area contributed by atoms with Crippen LogP contribution >= 0.6 is 0 Å². The number of carbonyl (C=O) groups excluding carboxylic acids is 1. The van der Waals surface area contributed by atoms with Gasteiger partial charge in [-0.1, -0.05) is 0 Å². The SMILES string of the molecule is Cn1nccc1C(=O)N1CCOCC1CN. The number of hydrogen-bond acceptors (Lipinski definition) is 4. The van der Waals surface area contributed by atoms with Crippen molar-refractivity contribution >= 4 is 5.91 Å². The van der Waals surface area contributed by atoms with Crippen LogP contribution in [0, 0.1) is 0 Å². The Labute approximate surface area is 94.0 Å². The largest absolute Gasteiger partial charge is 0.377 e. The molecular formula is C10H16N4O2. The summed E-state index contributed by atoms with van der Waals surface area (Å²) in [6, 6.07) is 1.68. The molecule has 1 aliphatic rings. The van der Waals surface area contributed by atoms with Gasteiger partial charge in [0.05, 0.1) is 19.3 Å². The van der Waals surface area contributed by atoms with Gasteiger partial charge in [0.15, 0.2) is 0 Å². The number of morpholine rings is 1. The van der Waals surface area contributed by atoms with Crippen LogP contribution in [0.2, 0.25) is 0 Å². The molecule has 2 heterocycles. The summed E-state index contributed by atoms with van der Waals surface area (Å²) in [6.07, 6.45) is 1.62. The fraction of sp³-hybridized carbons (Fsp3) is 0.600. The van der Waals surface area contributed by atoms with Crippen molar-refractivity contribution in [1.29, 1.82) is 0 Å². The van der Waals surface area contributed by atoms with E-state index in [-0.39, 0.29) is 11.9 Å². The first-order valence-electron chi connectivity index (χ1n) is 5.31. The molecule has 1 amide bonds. The molecule has 0 bridgehead atoms. The van der Waals surface area contributed by atoms with Crippen LogP contribution in [0.4, 0.5) is 0 Å².